The summed E-state index contributed by atoms with van der Waals surface area (Å²) in [6, 6.07) is 0.0971. The van der Waals surface area contributed by atoms with Crippen LogP contribution in [0.25, 0.3) is 0 Å². The molecule has 1 rings (SSSR count). The minimum atomic E-state index is -0.375. The average molecular weight is 271 g/mol. The molecule has 0 aromatic rings. The molecule has 1 saturated carbocycles. The van der Waals surface area contributed by atoms with Crippen molar-refractivity contribution in [3.63, 3.8) is 0 Å². The second kappa shape index (κ2) is 9.32. The van der Waals surface area contributed by atoms with Crippen molar-refractivity contribution in [2.45, 2.75) is 83.5 Å². The molecule has 1 amide bonds. The van der Waals surface area contributed by atoms with Crippen molar-refractivity contribution in [1.82, 2.24) is 5.32 Å². The maximum absolute atomic E-state index is 12.0. The molecule has 0 heterocycles. The van der Waals surface area contributed by atoms with Crippen molar-refractivity contribution in [2.75, 3.05) is 6.61 Å². The van der Waals surface area contributed by atoms with Gasteiger partial charge in [0.2, 0.25) is 5.91 Å². The summed E-state index contributed by atoms with van der Waals surface area (Å²) in [5, 5.41) is 11.7. The summed E-state index contributed by atoms with van der Waals surface area (Å²) in [7, 11) is 0. The highest BCUT2D eigenvalue weighted by Gasteiger charge is 2.21. The molecular weight excluding hydrogens is 242 g/mol. The van der Waals surface area contributed by atoms with Crippen LogP contribution in [0.1, 0.15) is 65.2 Å². The van der Waals surface area contributed by atoms with Crippen molar-refractivity contribution in [3.8, 4) is 0 Å². The van der Waals surface area contributed by atoms with E-state index in [0.29, 0.717) is 0 Å². The first-order valence-electron chi connectivity index (χ1n) is 7.70. The van der Waals surface area contributed by atoms with Gasteiger partial charge in [-0.2, -0.15) is 0 Å². The fraction of sp³-hybridized carbons (Fsp3) is 0.933. The molecule has 112 valence electrons. The van der Waals surface area contributed by atoms with Crippen LogP contribution in [0.5, 0.6) is 0 Å². The minimum Gasteiger partial charge on any atom is -0.396 e. The fourth-order valence-electron chi connectivity index (χ4n) is 2.56. The number of carbonyl (C=O) groups excluding carboxylic acids is 1. The van der Waals surface area contributed by atoms with Gasteiger partial charge in [-0.3, -0.25) is 4.79 Å². The zero-order valence-electron chi connectivity index (χ0n) is 12.4. The number of aliphatic hydroxyl groups is 1. The average Bonchev–Trinajstić information content (AvgIpc) is 2.64. The maximum Gasteiger partial charge on any atom is 0.249 e. The van der Waals surface area contributed by atoms with Gasteiger partial charge in [-0.25, -0.2) is 0 Å². The van der Waals surface area contributed by atoms with E-state index in [1.165, 1.54) is 25.7 Å². The lowest BCUT2D eigenvalue weighted by atomic mass is 10.1. The molecule has 1 aliphatic carbocycles. The molecular formula is C15H29NO3. The summed E-state index contributed by atoms with van der Waals surface area (Å²) in [6.07, 6.45) is 8.57. The Kier molecular flexibility index (Phi) is 8.07. The Morgan fingerprint density at radius 2 is 1.89 bits per heavy atom. The third-order valence-electron chi connectivity index (χ3n) is 3.75. The third-order valence-corrected chi connectivity index (χ3v) is 3.75. The predicted molar refractivity (Wildman–Crippen MR) is 76.0 cm³/mol. The van der Waals surface area contributed by atoms with Crippen LogP contribution in [-0.2, 0) is 9.53 Å². The Morgan fingerprint density at radius 3 is 2.47 bits per heavy atom. The van der Waals surface area contributed by atoms with Gasteiger partial charge >= 0.3 is 0 Å². The Labute approximate surface area is 116 Å². The van der Waals surface area contributed by atoms with E-state index in [1.807, 2.05) is 13.8 Å². The second-order valence-corrected chi connectivity index (χ2v) is 5.67. The lowest BCUT2D eigenvalue weighted by Gasteiger charge is -2.22. The Morgan fingerprint density at radius 1 is 1.26 bits per heavy atom. The van der Waals surface area contributed by atoms with E-state index in [4.69, 9.17) is 9.84 Å². The van der Waals surface area contributed by atoms with E-state index in [1.54, 1.807) is 0 Å². The zero-order chi connectivity index (χ0) is 14.1. The van der Waals surface area contributed by atoms with Crippen molar-refractivity contribution in [3.05, 3.63) is 0 Å². The molecule has 2 N–H and O–H groups in total. The molecule has 2 unspecified atom stereocenters. The van der Waals surface area contributed by atoms with Gasteiger partial charge in [-0.15, -0.1) is 0 Å². The first-order valence-corrected chi connectivity index (χ1v) is 7.70. The van der Waals surface area contributed by atoms with Crippen LogP contribution in [-0.4, -0.2) is 35.9 Å². The number of ether oxygens (including phenoxy) is 1. The first kappa shape index (κ1) is 16.4. The number of hydrogen-bond acceptors (Lipinski definition) is 3. The minimum absolute atomic E-state index is 0.0327. The van der Waals surface area contributed by atoms with Gasteiger partial charge in [0.25, 0.3) is 0 Å². The summed E-state index contributed by atoms with van der Waals surface area (Å²) < 4.78 is 5.88. The summed E-state index contributed by atoms with van der Waals surface area (Å²) in [6.45, 7) is 3.97. The molecule has 4 nitrogen and oxygen atoms in total. The van der Waals surface area contributed by atoms with Crippen LogP contribution >= 0.6 is 0 Å². The molecule has 0 radical (unpaired) electrons. The van der Waals surface area contributed by atoms with Gasteiger partial charge in [-0.1, -0.05) is 25.7 Å². The third kappa shape index (κ3) is 6.92. The second-order valence-electron chi connectivity index (χ2n) is 5.67. The molecule has 0 saturated heterocycles. The van der Waals surface area contributed by atoms with Crippen molar-refractivity contribution >= 4 is 5.91 Å². The van der Waals surface area contributed by atoms with Gasteiger partial charge < -0.3 is 15.2 Å². The monoisotopic (exact) mass is 271 g/mol. The van der Waals surface area contributed by atoms with E-state index in [9.17, 15) is 4.79 Å². The number of aliphatic hydroxyl groups excluding tert-OH is 1. The van der Waals surface area contributed by atoms with E-state index >= 15 is 0 Å². The molecule has 0 bridgehead atoms. The first-order chi connectivity index (χ1) is 9.13. The van der Waals surface area contributed by atoms with Crippen molar-refractivity contribution < 1.29 is 14.6 Å². The van der Waals surface area contributed by atoms with Crippen molar-refractivity contribution in [1.29, 1.82) is 0 Å². The van der Waals surface area contributed by atoms with Crippen LogP contribution in [0.2, 0.25) is 0 Å². The van der Waals surface area contributed by atoms with Crippen LogP contribution in [0.15, 0.2) is 0 Å². The normalized spacial score (nSPS) is 20.6. The molecule has 0 aliphatic heterocycles. The topological polar surface area (TPSA) is 58.6 Å². The number of nitrogens with one attached hydrogen (secondary N) is 1. The Balaban J connectivity index is 2.26. The Bertz CT molecular complexity index is 250. The standard InChI is InChI=1S/C15H29NO3/c1-12(8-7-11-17)16-15(18)13(2)19-14-9-5-3-4-6-10-14/h12-14,17H,3-11H2,1-2H3,(H,16,18). The number of amides is 1. The van der Waals surface area contributed by atoms with E-state index in [2.05, 4.69) is 5.32 Å². The van der Waals surface area contributed by atoms with E-state index in [-0.39, 0.29) is 30.8 Å². The number of rotatable bonds is 7. The summed E-state index contributed by atoms with van der Waals surface area (Å²) in [5.41, 5.74) is 0. The Hall–Kier alpha value is -0.610. The quantitative estimate of drug-likeness (QED) is 0.699. The van der Waals surface area contributed by atoms with Crippen LogP contribution in [0.4, 0.5) is 0 Å². The van der Waals surface area contributed by atoms with Crippen molar-refractivity contribution in [2.24, 2.45) is 0 Å². The maximum atomic E-state index is 12.0. The number of carbonyl (C=O) groups is 1. The molecule has 0 aromatic carbocycles. The summed E-state index contributed by atoms with van der Waals surface area (Å²) >= 11 is 0. The van der Waals surface area contributed by atoms with Gasteiger partial charge in [-0.05, 0) is 39.5 Å². The smallest absolute Gasteiger partial charge is 0.249 e. The highest BCUT2D eigenvalue weighted by Crippen LogP contribution is 2.20. The fourth-order valence-corrected chi connectivity index (χ4v) is 2.56. The van der Waals surface area contributed by atoms with Gasteiger partial charge in [0.15, 0.2) is 0 Å². The predicted octanol–water partition coefficient (Wildman–Crippen LogP) is 2.39. The SMILES string of the molecule is CC(CCCO)NC(=O)C(C)OC1CCCCCC1. The molecule has 1 fully saturated rings. The van der Waals surface area contributed by atoms with Gasteiger partial charge in [0.05, 0.1) is 6.10 Å². The van der Waals surface area contributed by atoms with Crippen LogP contribution in [0.3, 0.4) is 0 Å². The lowest BCUT2D eigenvalue weighted by molar-refractivity contribution is -0.136. The highest BCUT2D eigenvalue weighted by atomic mass is 16.5. The van der Waals surface area contributed by atoms with Crippen LogP contribution in [0, 0.1) is 0 Å². The van der Waals surface area contributed by atoms with Crippen LogP contribution < -0.4 is 5.32 Å². The van der Waals surface area contributed by atoms with E-state index in [0.717, 1.165) is 25.7 Å². The molecule has 1 aliphatic rings. The van der Waals surface area contributed by atoms with E-state index < -0.39 is 0 Å². The summed E-state index contributed by atoms with van der Waals surface area (Å²) in [4.78, 5) is 12.0. The highest BCUT2D eigenvalue weighted by molar-refractivity contribution is 5.80. The molecule has 0 spiro atoms. The summed E-state index contributed by atoms with van der Waals surface area (Å²) in [5.74, 6) is -0.0327. The number of hydrogen-bond donors (Lipinski definition) is 2. The molecule has 4 heteroatoms. The van der Waals surface area contributed by atoms with Gasteiger partial charge in [0, 0.05) is 12.6 Å². The molecule has 19 heavy (non-hydrogen) atoms. The zero-order valence-corrected chi connectivity index (χ0v) is 12.4. The molecule has 0 aromatic heterocycles. The largest absolute Gasteiger partial charge is 0.396 e. The van der Waals surface area contributed by atoms with Gasteiger partial charge in [0.1, 0.15) is 6.10 Å². The molecule has 2 atom stereocenters. The lowest BCUT2D eigenvalue weighted by Crippen LogP contribution is -2.41.